The Labute approximate surface area is 105 Å². The maximum absolute atomic E-state index is 7.29. The first-order chi connectivity index (χ1) is 7.65. The number of amidine groups is 1. The van der Waals surface area contributed by atoms with E-state index in [2.05, 4.69) is 0 Å². The minimum absolute atomic E-state index is 0.0421. The molecular weight excluding hydrogens is 244 g/mol. The number of nitrogen functional groups attached to an aromatic ring is 1. The van der Waals surface area contributed by atoms with Crippen LogP contribution in [-0.2, 0) is 10.5 Å². The van der Waals surface area contributed by atoms with Gasteiger partial charge in [0.05, 0.1) is 6.61 Å². The lowest BCUT2D eigenvalue weighted by Gasteiger charge is -2.06. The maximum atomic E-state index is 7.29. The Hall–Kier alpha value is -0.710. The highest BCUT2D eigenvalue weighted by molar-refractivity contribution is 7.98. The van der Waals surface area contributed by atoms with Gasteiger partial charge in [-0.25, -0.2) is 0 Å². The van der Waals surface area contributed by atoms with Gasteiger partial charge in [-0.1, -0.05) is 23.7 Å². The average Bonchev–Trinajstić information content (AvgIpc) is 2.26. The van der Waals surface area contributed by atoms with Crippen LogP contribution in [0.3, 0.4) is 0 Å². The van der Waals surface area contributed by atoms with Gasteiger partial charge in [0.25, 0.3) is 0 Å². The lowest BCUT2D eigenvalue weighted by Crippen LogP contribution is -2.10. The van der Waals surface area contributed by atoms with E-state index in [0.717, 1.165) is 23.7 Å². The van der Waals surface area contributed by atoms with E-state index in [4.69, 9.17) is 27.5 Å². The van der Waals surface area contributed by atoms with Crippen LogP contribution in [0.4, 0.5) is 0 Å². The maximum Gasteiger partial charge on any atom is 0.122 e. The SMILES string of the molecule is COCCSCc1ccc(C(=N)N)cc1Cl. The molecule has 0 aliphatic carbocycles. The normalized spacial score (nSPS) is 10.4. The van der Waals surface area contributed by atoms with Crippen molar-refractivity contribution in [3.8, 4) is 0 Å². The Balaban J connectivity index is 2.57. The lowest BCUT2D eigenvalue weighted by molar-refractivity contribution is 0.218. The van der Waals surface area contributed by atoms with E-state index in [1.165, 1.54) is 0 Å². The number of hydrogen-bond donors (Lipinski definition) is 2. The van der Waals surface area contributed by atoms with Gasteiger partial charge in [-0.05, 0) is 11.6 Å². The van der Waals surface area contributed by atoms with E-state index in [1.54, 1.807) is 24.9 Å². The first-order valence-corrected chi connectivity index (χ1v) is 6.38. The van der Waals surface area contributed by atoms with Gasteiger partial charge in [0, 0.05) is 29.2 Å². The van der Waals surface area contributed by atoms with E-state index >= 15 is 0 Å². The molecule has 0 aliphatic heterocycles. The molecule has 0 amide bonds. The summed E-state index contributed by atoms with van der Waals surface area (Å²) in [4.78, 5) is 0. The van der Waals surface area contributed by atoms with Crippen LogP contribution in [0.1, 0.15) is 11.1 Å². The molecule has 5 heteroatoms. The molecule has 1 rings (SSSR count). The zero-order valence-electron chi connectivity index (χ0n) is 9.13. The van der Waals surface area contributed by atoms with Crippen molar-refractivity contribution >= 4 is 29.2 Å². The van der Waals surface area contributed by atoms with E-state index in [9.17, 15) is 0 Å². The molecule has 0 unspecified atom stereocenters. The molecule has 0 bridgehead atoms. The first-order valence-electron chi connectivity index (χ1n) is 4.84. The summed E-state index contributed by atoms with van der Waals surface area (Å²) >= 11 is 7.85. The van der Waals surface area contributed by atoms with Crippen molar-refractivity contribution in [2.45, 2.75) is 5.75 Å². The number of ether oxygens (including phenoxy) is 1. The molecule has 0 saturated carbocycles. The van der Waals surface area contributed by atoms with Crippen LogP contribution in [0.5, 0.6) is 0 Å². The van der Waals surface area contributed by atoms with E-state index in [-0.39, 0.29) is 5.84 Å². The topological polar surface area (TPSA) is 59.1 Å². The van der Waals surface area contributed by atoms with E-state index in [1.807, 2.05) is 12.1 Å². The summed E-state index contributed by atoms with van der Waals surface area (Å²) < 4.78 is 4.96. The van der Waals surface area contributed by atoms with Crippen molar-refractivity contribution in [3.63, 3.8) is 0 Å². The Bertz CT molecular complexity index is 371. The van der Waals surface area contributed by atoms with Crippen molar-refractivity contribution in [3.05, 3.63) is 34.3 Å². The van der Waals surface area contributed by atoms with Gasteiger partial charge < -0.3 is 10.5 Å². The Morgan fingerprint density at radius 3 is 2.88 bits per heavy atom. The number of halogens is 1. The predicted octanol–water partition coefficient (Wildman–Crippen LogP) is 2.50. The third-order valence-electron chi connectivity index (χ3n) is 2.05. The zero-order chi connectivity index (χ0) is 12.0. The van der Waals surface area contributed by atoms with Crippen LogP contribution < -0.4 is 5.73 Å². The summed E-state index contributed by atoms with van der Waals surface area (Å²) in [5.41, 5.74) is 7.10. The van der Waals surface area contributed by atoms with Crippen molar-refractivity contribution in [2.24, 2.45) is 5.73 Å². The second kappa shape index (κ2) is 6.78. The second-order valence-corrected chi connectivity index (χ2v) is 4.78. The number of rotatable bonds is 6. The number of thioether (sulfide) groups is 1. The number of hydrogen-bond acceptors (Lipinski definition) is 3. The second-order valence-electron chi connectivity index (χ2n) is 3.27. The zero-order valence-corrected chi connectivity index (χ0v) is 10.7. The summed E-state index contributed by atoms with van der Waals surface area (Å²) in [7, 11) is 1.69. The van der Waals surface area contributed by atoms with Gasteiger partial charge in [-0.15, -0.1) is 0 Å². The van der Waals surface area contributed by atoms with Gasteiger partial charge >= 0.3 is 0 Å². The van der Waals surface area contributed by atoms with Crippen LogP contribution in [0.15, 0.2) is 18.2 Å². The average molecular weight is 259 g/mol. The number of benzene rings is 1. The first kappa shape index (κ1) is 13.4. The highest BCUT2D eigenvalue weighted by atomic mass is 35.5. The highest BCUT2D eigenvalue weighted by Gasteiger charge is 2.03. The predicted molar refractivity (Wildman–Crippen MR) is 70.5 cm³/mol. The molecule has 1 aromatic carbocycles. The third kappa shape index (κ3) is 4.04. The largest absolute Gasteiger partial charge is 0.384 e. The Morgan fingerprint density at radius 1 is 1.56 bits per heavy atom. The van der Waals surface area contributed by atoms with Gasteiger partial charge in [-0.2, -0.15) is 11.8 Å². The molecule has 0 radical (unpaired) electrons. The highest BCUT2D eigenvalue weighted by Crippen LogP contribution is 2.22. The number of methoxy groups -OCH3 is 1. The molecule has 0 spiro atoms. The Morgan fingerprint density at radius 2 is 2.31 bits per heavy atom. The standard InChI is InChI=1S/C11H15ClN2OS/c1-15-4-5-16-7-9-3-2-8(11(13)14)6-10(9)12/h2-3,6H,4-5,7H2,1H3,(H3,13,14). The van der Waals surface area contributed by atoms with Crippen LogP contribution in [-0.4, -0.2) is 25.3 Å². The minimum atomic E-state index is 0.0421. The summed E-state index contributed by atoms with van der Waals surface area (Å²) in [5, 5.41) is 7.96. The van der Waals surface area contributed by atoms with Crippen LogP contribution in [0.2, 0.25) is 5.02 Å². The summed E-state index contributed by atoms with van der Waals surface area (Å²) in [6.45, 7) is 0.744. The Kier molecular flexibility index (Phi) is 5.66. The number of nitrogens with one attached hydrogen (secondary N) is 1. The molecular formula is C11H15ClN2OS. The van der Waals surface area contributed by atoms with E-state index < -0.39 is 0 Å². The van der Waals surface area contributed by atoms with Gasteiger partial charge in [0.15, 0.2) is 0 Å². The fraction of sp³-hybridized carbons (Fsp3) is 0.364. The molecule has 3 nitrogen and oxygen atoms in total. The lowest BCUT2D eigenvalue weighted by atomic mass is 10.1. The van der Waals surface area contributed by atoms with Crippen molar-refractivity contribution in [1.29, 1.82) is 5.41 Å². The quantitative estimate of drug-likeness (QED) is 0.468. The fourth-order valence-electron chi connectivity index (χ4n) is 1.16. The minimum Gasteiger partial charge on any atom is -0.384 e. The van der Waals surface area contributed by atoms with Crippen molar-refractivity contribution in [2.75, 3.05) is 19.5 Å². The van der Waals surface area contributed by atoms with Crippen LogP contribution in [0.25, 0.3) is 0 Å². The summed E-state index contributed by atoms with van der Waals surface area (Å²) in [6, 6.07) is 5.47. The van der Waals surface area contributed by atoms with Crippen LogP contribution >= 0.6 is 23.4 Å². The smallest absolute Gasteiger partial charge is 0.122 e. The molecule has 88 valence electrons. The van der Waals surface area contributed by atoms with E-state index in [0.29, 0.717) is 10.6 Å². The molecule has 16 heavy (non-hydrogen) atoms. The molecule has 0 saturated heterocycles. The van der Waals surface area contributed by atoms with Gasteiger partial charge in [0.2, 0.25) is 0 Å². The molecule has 3 N–H and O–H groups in total. The molecule has 0 aliphatic rings. The summed E-state index contributed by atoms with van der Waals surface area (Å²) in [5.74, 6) is 1.84. The third-order valence-corrected chi connectivity index (χ3v) is 3.38. The van der Waals surface area contributed by atoms with Crippen molar-refractivity contribution < 1.29 is 4.74 Å². The molecule has 0 heterocycles. The summed E-state index contributed by atoms with van der Waals surface area (Å²) in [6.07, 6.45) is 0. The van der Waals surface area contributed by atoms with Gasteiger partial charge in [-0.3, -0.25) is 5.41 Å². The van der Waals surface area contributed by atoms with Gasteiger partial charge in [0.1, 0.15) is 5.84 Å². The fourth-order valence-corrected chi connectivity index (χ4v) is 2.38. The monoisotopic (exact) mass is 258 g/mol. The molecule has 1 aromatic rings. The molecule has 0 atom stereocenters. The van der Waals surface area contributed by atoms with Crippen LogP contribution in [0, 0.1) is 5.41 Å². The van der Waals surface area contributed by atoms with Crippen molar-refractivity contribution in [1.82, 2.24) is 0 Å². The molecule has 0 fully saturated rings. The molecule has 0 aromatic heterocycles. The number of nitrogens with two attached hydrogens (primary N) is 1.